The van der Waals surface area contributed by atoms with Gasteiger partial charge in [-0.25, -0.2) is 4.79 Å². The number of unbranched alkanes of at least 4 members (excludes halogenated alkanes) is 1. The minimum Gasteiger partial charge on any atom is -0.410 e. The molecule has 4 nitrogen and oxygen atoms in total. The van der Waals surface area contributed by atoms with Crippen molar-refractivity contribution in [2.45, 2.75) is 38.6 Å². The first-order valence-corrected chi connectivity index (χ1v) is 6.93. The molecule has 1 aromatic rings. The summed E-state index contributed by atoms with van der Waals surface area (Å²) in [6, 6.07) is 5.84. The number of hydrogen-bond acceptors (Lipinski definition) is 3. The Bertz CT molecular complexity index is 459. The highest BCUT2D eigenvalue weighted by Crippen LogP contribution is 2.32. The monoisotopic (exact) mass is 262 g/mol. The predicted molar refractivity (Wildman–Crippen MR) is 75.3 cm³/mol. The number of carbonyl (C=O) groups is 1. The highest BCUT2D eigenvalue weighted by atomic mass is 16.6. The van der Waals surface area contributed by atoms with Crippen molar-refractivity contribution in [1.29, 1.82) is 0 Å². The molecular formula is C15H22N2O2. The Labute approximate surface area is 114 Å². The van der Waals surface area contributed by atoms with Crippen molar-refractivity contribution >= 4 is 6.09 Å². The van der Waals surface area contributed by atoms with Crippen LogP contribution in [0.15, 0.2) is 18.2 Å². The zero-order valence-electron chi connectivity index (χ0n) is 11.7. The SMILES string of the molecule is CCCCN(C)C(=O)Oc1ccc2c(c1)[C@@H](N)CC2. The van der Waals surface area contributed by atoms with Crippen LogP contribution in [-0.2, 0) is 6.42 Å². The van der Waals surface area contributed by atoms with E-state index >= 15 is 0 Å². The number of hydrogen-bond donors (Lipinski definition) is 1. The summed E-state index contributed by atoms with van der Waals surface area (Å²) in [7, 11) is 1.76. The molecule has 1 atom stereocenters. The van der Waals surface area contributed by atoms with Crippen LogP contribution in [-0.4, -0.2) is 24.6 Å². The maximum atomic E-state index is 11.9. The Kier molecular flexibility index (Phi) is 4.43. The van der Waals surface area contributed by atoms with E-state index < -0.39 is 0 Å². The average molecular weight is 262 g/mol. The third-order valence-corrected chi connectivity index (χ3v) is 3.61. The van der Waals surface area contributed by atoms with Crippen LogP contribution in [0.4, 0.5) is 4.79 Å². The molecule has 1 aliphatic carbocycles. The van der Waals surface area contributed by atoms with Gasteiger partial charge >= 0.3 is 6.09 Å². The molecule has 2 rings (SSSR count). The molecule has 0 aromatic heterocycles. The number of nitrogens with zero attached hydrogens (tertiary/aromatic N) is 1. The van der Waals surface area contributed by atoms with Crippen LogP contribution < -0.4 is 10.5 Å². The van der Waals surface area contributed by atoms with Crippen LogP contribution in [0.25, 0.3) is 0 Å². The standard InChI is InChI=1S/C15H22N2O2/c1-3-4-9-17(2)15(18)19-12-7-5-11-6-8-14(16)13(11)10-12/h5,7,10,14H,3-4,6,8-9,16H2,1-2H3/t14-/m0/s1. The third-order valence-electron chi connectivity index (χ3n) is 3.61. The van der Waals surface area contributed by atoms with Crippen LogP contribution >= 0.6 is 0 Å². The largest absolute Gasteiger partial charge is 0.414 e. The van der Waals surface area contributed by atoms with Gasteiger partial charge in [-0.2, -0.15) is 0 Å². The van der Waals surface area contributed by atoms with E-state index in [4.69, 9.17) is 10.5 Å². The van der Waals surface area contributed by atoms with Gasteiger partial charge in [0.15, 0.2) is 0 Å². The fourth-order valence-corrected chi connectivity index (χ4v) is 2.34. The molecule has 1 aliphatic rings. The Balaban J connectivity index is 2.00. The summed E-state index contributed by atoms with van der Waals surface area (Å²) in [5.74, 6) is 0.587. The number of fused-ring (bicyclic) bond motifs is 1. The van der Waals surface area contributed by atoms with Gasteiger partial charge in [-0.1, -0.05) is 19.4 Å². The highest BCUT2D eigenvalue weighted by Gasteiger charge is 2.20. The normalized spacial score (nSPS) is 17.1. The summed E-state index contributed by atoms with van der Waals surface area (Å²) in [5, 5.41) is 0. The number of aryl methyl sites for hydroxylation is 1. The van der Waals surface area contributed by atoms with E-state index in [1.54, 1.807) is 11.9 Å². The molecule has 1 amide bonds. The highest BCUT2D eigenvalue weighted by molar-refractivity contribution is 5.70. The predicted octanol–water partition coefficient (Wildman–Crippen LogP) is 2.86. The lowest BCUT2D eigenvalue weighted by Crippen LogP contribution is -2.30. The van der Waals surface area contributed by atoms with E-state index in [9.17, 15) is 4.79 Å². The summed E-state index contributed by atoms with van der Waals surface area (Å²) in [6.07, 6.45) is 3.73. The first-order valence-electron chi connectivity index (χ1n) is 6.93. The molecule has 0 heterocycles. The number of rotatable bonds is 4. The second-order valence-corrected chi connectivity index (χ2v) is 5.15. The first-order chi connectivity index (χ1) is 9.11. The fraction of sp³-hybridized carbons (Fsp3) is 0.533. The molecular weight excluding hydrogens is 240 g/mol. The maximum Gasteiger partial charge on any atom is 0.414 e. The summed E-state index contributed by atoms with van der Waals surface area (Å²) >= 11 is 0. The van der Waals surface area contributed by atoms with Gasteiger partial charge in [-0.15, -0.1) is 0 Å². The van der Waals surface area contributed by atoms with Crippen molar-refractivity contribution in [3.63, 3.8) is 0 Å². The van der Waals surface area contributed by atoms with E-state index in [-0.39, 0.29) is 12.1 Å². The van der Waals surface area contributed by atoms with E-state index in [0.29, 0.717) is 5.75 Å². The van der Waals surface area contributed by atoms with Crippen molar-refractivity contribution in [3.8, 4) is 5.75 Å². The zero-order chi connectivity index (χ0) is 13.8. The van der Waals surface area contributed by atoms with Gasteiger partial charge in [0.1, 0.15) is 5.75 Å². The molecule has 0 spiro atoms. The van der Waals surface area contributed by atoms with Crippen molar-refractivity contribution in [3.05, 3.63) is 29.3 Å². The van der Waals surface area contributed by atoms with Gasteiger partial charge in [-0.3, -0.25) is 0 Å². The molecule has 0 unspecified atom stereocenters. The van der Waals surface area contributed by atoms with Gasteiger partial charge in [-0.05, 0) is 42.5 Å². The topological polar surface area (TPSA) is 55.6 Å². The summed E-state index contributed by atoms with van der Waals surface area (Å²) in [4.78, 5) is 13.5. The Morgan fingerprint density at radius 1 is 1.53 bits per heavy atom. The average Bonchev–Trinajstić information content (AvgIpc) is 2.77. The molecule has 19 heavy (non-hydrogen) atoms. The van der Waals surface area contributed by atoms with Gasteiger partial charge in [0.05, 0.1) is 0 Å². The molecule has 2 N–H and O–H groups in total. The first kappa shape index (κ1) is 13.9. The lowest BCUT2D eigenvalue weighted by molar-refractivity contribution is 0.162. The van der Waals surface area contributed by atoms with Crippen LogP contribution in [0.2, 0.25) is 0 Å². The lowest BCUT2D eigenvalue weighted by Gasteiger charge is -2.16. The van der Waals surface area contributed by atoms with Crippen molar-refractivity contribution in [1.82, 2.24) is 4.90 Å². The van der Waals surface area contributed by atoms with Crippen LogP contribution in [0.5, 0.6) is 5.75 Å². The van der Waals surface area contributed by atoms with Crippen LogP contribution in [0.1, 0.15) is 43.4 Å². The van der Waals surface area contributed by atoms with Crippen molar-refractivity contribution < 1.29 is 9.53 Å². The Hall–Kier alpha value is -1.55. The quantitative estimate of drug-likeness (QED) is 0.907. The van der Waals surface area contributed by atoms with E-state index in [2.05, 4.69) is 6.92 Å². The van der Waals surface area contributed by atoms with Crippen LogP contribution in [0.3, 0.4) is 0 Å². The smallest absolute Gasteiger partial charge is 0.410 e. The van der Waals surface area contributed by atoms with Gasteiger partial charge in [0, 0.05) is 19.6 Å². The van der Waals surface area contributed by atoms with E-state index in [1.807, 2.05) is 18.2 Å². The Morgan fingerprint density at radius 3 is 3.05 bits per heavy atom. The van der Waals surface area contributed by atoms with Gasteiger partial charge in [0.2, 0.25) is 0 Å². The van der Waals surface area contributed by atoms with E-state index in [0.717, 1.165) is 37.8 Å². The molecule has 0 saturated heterocycles. The zero-order valence-corrected chi connectivity index (χ0v) is 11.7. The molecule has 1 aromatic carbocycles. The lowest BCUT2D eigenvalue weighted by atomic mass is 10.1. The number of carbonyl (C=O) groups excluding carboxylic acids is 1. The van der Waals surface area contributed by atoms with Crippen LogP contribution in [0, 0.1) is 0 Å². The second kappa shape index (κ2) is 6.06. The summed E-state index contributed by atoms with van der Waals surface area (Å²) < 4.78 is 5.38. The fourth-order valence-electron chi connectivity index (χ4n) is 2.34. The second-order valence-electron chi connectivity index (χ2n) is 5.15. The number of amides is 1. The number of benzene rings is 1. The van der Waals surface area contributed by atoms with Crippen molar-refractivity contribution in [2.75, 3.05) is 13.6 Å². The molecule has 0 fully saturated rings. The minimum atomic E-state index is -0.306. The van der Waals surface area contributed by atoms with E-state index in [1.165, 1.54) is 5.56 Å². The summed E-state index contributed by atoms with van der Waals surface area (Å²) in [5.41, 5.74) is 8.40. The van der Waals surface area contributed by atoms with Gasteiger partial charge in [0.25, 0.3) is 0 Å². The third kappa shape index (κ3) is 3.26. The van der Waals surface area contributed by atoms with Gasteiger partial charge < -0.3 is 15.4 Å². The molecule has 0 saturated carbocycles. The van der Waals surface area contributed by atoms with Crippen molar-refractivity contribution in [2.24, 2.45) is 5.73 Å². The molecule has 0 bridgehead atoms. The minimum absolute atomic E-state index is 0.0754. The molecule has 0 radical (unpaired) electrons. The molecule has 4 heteroatoms. The Morgan fingerprint density at radius 2 is 2.32 bits per heavy atom. The molecule has 0 aliphatic heterocycles. The number of nitrogens with two attached hydrogens (primary N) is 1. The summed E-state index contributed by atoms with van der Waals surface area (Å²) in [6.45, 7) is 2.82. The molecule has 104 valence electrons. The maximum absolute atomic E-state index is 11.9. The number of ether oxygens (including phenoxy) is 1.